The first-order chi connectivity index (χ1) is 4.35. The zero-order valence-electron chi connectivity index (χ0n) is 5.03. The minimum absolute atomic E-state index is 0.0498. The van der Waals surface area contributed by atoms with Crippen molar-refractivity contribution in [3.8, 4) is 0 Å². The lowest BCUT2D eigenvalue weighted by Crippen LogP contribution is -1.98. The number of hydrogen-bond donors (Lipinski definition) is 3. The molecule has 0 fully saturated rings. The molecule has 0 heterocycles. The van der Waals surface area contributed by atoms with E-state index in [1.165, 1.54) is 0 Å². The van der Waals surface area contributed by atoms with Crippen molar-refractivity contribution in [3.63, 3.8) is 0 Å². The van der Waals surface area contributed by atoms with Crippen molar-refractivity contribution in [1.82, 2.24) is 0 Å². The molecule has 0 saturated carbocycles. The van der Waals surface area contributed by atoms with Gasteiger partial charge in [0.2, 0.25) is 0 Å². The van der Waals surface area contributed by atoms with Gasteiger partial charge in [-0.3, -0.25) is 0 Å². The molecule has 0 saturated heterocycles. The molecule has 0 aliphatic heterocycles. The summed E-state index contributed by atoms with van der Waals surface area (Å²) in [7, 11) is -0.833. The Bertz CT molecular complexity index is 56.5. The average molecular weight is 154 g/mol. The van der Waals surface area contributed by atoms with Gasteiger partial charge >= 0.3 is 0 Å². The molecular formula is C4H11O4P. The summed E-state index contributed by atoms with van der Waals surface area (Å²) < 4.78 is 4.54. The van der Waals surface area contributed by atoms with Crippen LogP contribution < -0.4 is 0 Å². The summed E-state index contributed by atoms with van der Waals surface area (Å²) in [6, 6.07) is 0. The summed E-state index contributed by atoms with van der Waals surface area (Å²) in [5, 5.41) is 25.1. The Labute approximate surface area is 54.8 Å². The van der Waals surface area contributed by atoms with Gasteiger partial charge in [0.15, 0.2) is 0 Å². The molecule has 9 heavy (non-hydrogen) atoms. The molecule has 0 radical (unpaired) electrons. The molecule has 56 valence electrons. The van der Waals surface area contributed by atoms with E-state index in [4.69, 9.17) is 15.3 Å². The molecule has 0 bridgehead atoms. The molecule has 0 spiro atoms. The lowest BCUT2D eigenvalue weighted by molar-refractivity contribution is 0.0215. The SMILES string of the molecule is OCOCP(CO)CO. The average Bonchev–Trinajstić information content (AvgIpc) is 1.91. The van der Waals surface area contributed by atoms with Crippen LogP contribution >= 0.6 is 7.92 Å². The first-order valence-corrected chi connectivity index (χ1v) is 4.37. The monoisotopic (exact) mass is 154 g/mol. The highest BCUT2D eigenvalue weighted by Crippen LogP contribution is 2.31. The van der Waals surface area contributed by atoms with Crippen molar-refractivity contribution in [2.75, 3.05) is 25.8 Å². The fraction of sp³-hybridized carbons (Fsp3) is 1.00. The topological polar surface area (TPSA) is 69.9 Å². The number of rotatable bonds is 5. The zero-order valence-corrected chi connectivity index (χ0v) is 5.92. The third-order valence-electron chi connectivity index (χ3n) is 0.765. The smallest absolute Gasteiger partial charge is 0.144 e. The van der Waals surface area contributed by atoms with E-state index in [-0.39, 0.29) is 25.8 Å². The molecule has 5 heteroatoms. The summed E-state index contributed by atoms with van der Waals surface area (Å²) in [5.74, 6) is 0. The van der Waals surface area contributed by atoms with Crippen molar-refractivity contribution in [3.05, 3.63) is 0 Å². The molecule has 0 aromatic carbocycles. The number of ether oxygens (including phenoxy) is 1. The maximum atomic E-state index is 8.46. The molecular weight excluding hydrogens is 143 g/mol. The van der Waals surface area contributed by atoms with Crippen LogP contribution in [0.4, 0.5) is 0 Å². The van der Waals surface area contributed by atoms with Crippen molar-refractivity contribution in [2.24, 2.45) is 0 Å². The Hall–Kier alpha value is 0.270. The summed E-state index contributed by atoms with van der Waals surface area (Å²) in [4.78, 5) is 0. The molecule has 0 amide bonds. The first-order valence-electron chi connectivity index (χ1n) is 2.47. The second-order valence-electron chi connectivity index (χ2n) is 1.42. The highest BCUT2D eigenvalue weighted by Gasteiger charge is 2.02. The maximum absolute atomic E-state index is 8.46. The van der Waals surface area contributed by atoms with E-state index >= 15 is 0 Å². The van der Waals surface area contributed by atoms with Crippen LogP contribution in [0.5, 0.6) is 0 Å². The molecule has 0 rings (SSSR count). The molecule has 0 aliphatic carbocycles. The van der Waals surface area contributed by atoms with Crippen molar-refractivity contribution in [1.29, 1.82) is 0 Å². The summed E-state index contributed by atoms with van der Waals surface area (Å²) >= 11 is 0. The van der Waals surface area contributed by atoms with Crippen LogP contribution in [0.25, 0.3) is 0 Å². The van der Waals surface area contributed by atoms with E-state index < -0.39 is 7.92 Å². The second kappa shape index (κ2) is 6.39. The Kier molecular flexibility index (Phi) is 6.58. The highest BCUT2D eigenvalue weighted by molar-refractivity contribution is 7.56. The van der Waals surface area contributed by atoms with Gasteiger partial charge in [-0.25, -0.2) is 0 Å². The van der Waals surface area contributed by atoms with Crippen LogP contribution in [0.15, 0.2) is 0 Å². The summed E-state index contributed by atoms with van der Waals surface area (Å²) in [6.45, 7) is -0.348. The van der Waals surface area contributed by atoms with Gasteiger partial charge in [0.1, 0.15) is 6.79 Å². The zero-order chi connectivity index (χ0) is 7.11. The number of aliphatic hydroxyl groups is 3. The largest absolute Gasteiger partial charge is 0.392 e. The van der Waals surface area contributed by atoms with Gasteiger partial charge in [-0.2, -0.15) is 0 Å². The van der Waals surface area contributed by atoms with Crippen molar-refractivity contribution >= 4 is 7.92 Å². The lowest BCUT2D eigenvalue weighted by atomic mass is 11.4. The fourth-order valence-electron chi connectivity index (χ4n) is 0.296. The standard InChI is InChI=1S/C4H11O4P/c5-1-8-4-9(2-6)3-7/h5-7H,1-4H2. The second-order valence-corrected chi connectivity index (χ2v) is 3.58. The quantitative estimate of drug-likeness (QED) is 0.361. The van der Waals surface area contributed by atoms with Crippen LogP contribution in [0.1, 0.15) is 0 Å². The molecule has 3 N–H and O–H groups in total. The minimum atomic E-state index is -0.833. The van der Waals surface area contributed by atoms with E-state index in [1.807, 2.05) is 0 Å². The first kappa shape index (κ1) is 9.27. The predicted octanol–water partition coefficient (Wildman–Crippen LogP) is -0.708. The van der Waals surface area contributed by atoms with E-state index in [0.717, 1.165) is 0 Å². The van der Waals surface area contributed by atoms with Gasteiger partial charge < -0.3 is 20.1 Å². The Morgan fingerprint density at radius 3 is 2.00 bits per heavy atom. The third kappa shape index (κ3) is 4.75. The third-order valence-corrected chi connectivity index (χ3v) is 2.11. The molecule has 0 atom stereocenters. The predicted molar refractivity (Wildman–Crippen MR) is 34.1 cm³/mol. The van der Waals surface area contributed by atoms with Gasteiger partial charge in [-0.05, 0) is 7.92 Å². The van der Waals surface area contributed by atoms with E-state index in [1.54, 1.807) is 0 Å². The van der Waals surface area contributed by atoms with Gasteiger partial charge in [0, 0.05) is 0 Å². The van der Waals surface area contributed by atoms with Crippen LogP contribution in [0.3, 0.4) is 0 Å². The maximum Gasteiger partial charge on any atom is 0.144 e. The lowest BCUT2D eigenvalue weighted by Gasteiger charge is -2.09. The highest BCUT2D eigenvalue weighted by atomic mass is 31.1. The van der Waals surface area contributed by atoms with Gasteiger partial charge in [-0.1, -0.05) is 0 Å². The van der Waals surface area contributed by atoms with Crippen molar-refractivity contribution in [2.45, 2.75) is 0 Å². The van der Waals surface area contributed by atoms with Crippen molar-refractivity contribution < 1.29 is 20.1 Å². The summed E-state index contributed by atoms with van der Waals surface area (Å²) in [5.41, 5.74) is 0. The fourth-order valence-corrected chi connectivity index (χ4v) is 0.889. The van der Waals surface area contributed by atoms with Crippen LogP contribution in [0.2, 0.25) is 0 Å². The molecule has 0 aromatic heterocycles. The van der Waals surface area contributed by atoms with E-state index in [0.29, 0.717) is 0 Å². The van der Waals surface area contributed by atoms with Gasteiger partial charge in [0.05, 0.1) is 19.0 Å². The molecule has 0 aromatic rings. The Morgan fingerprint density at radius 1 is 1.11 bits per heavy atom. The van der Waals surface area contributed by atoms with E-state index in [2.05, 4.69) is 4.74 Å². The minimum Gasteiger partial charge on any atom is -0.392 e. The Balaban J connectivity index is 3.09. The molecule has 4 nitrogen and oxygen atoms in total. The van der Waals surface area contributed by atoms with Crippen LogP contribution in [0, 0.1) is 0 Å². The Morgan fingerprint density at radius 2 is 1.67 bits per heavy atom. The van der Waals surface area contributed by atoms with Gasteiger partial charge in [-0.15, -0.1) is 0 Å². The van der Waals surface area contributed by atoms with Gasteiger partial charge in [0.25, 0.3) is 0 Å². The number of aliphatic hydroxyl groups excluding tert-OH is 3. The normalized spacial score (nSPS) is 10.7. The summed E-state index contributed by atoms with van der Waals surface area (Å²) in [6.07, 6.45) is 0.163. The van der Waals surface area contributed by atoms with Crippen LogP contribution in [-0.4, -0.2) is 41.2 Å². The van der Waals surface area contributed by atoms with E-state index in [9.17, 15) is 0 Å². The molecule has 0 unspecified atom stereocenters. The number of hydrogen-bond acceptors (Lipinski definition) is 4. The van der Waals surface area contributed by atoms with Crippen LogP contribution in [-0.2, 0) is 4.74 Å². The molecule has 0 aliphatic rings.